The van der Waals surface area contributed by atoms with Gasteiger partial charge < -0.3 is 5.32 Å². The van der Waals surface area contributed by atoms with Crippen molar-refractivity contribution in [2.45, 2.75) is 32.4 Å². The predicted molar refractivity (Wildman–Crippen MR) is 75.0 cm³/mol. The maximum absolute atomic E-state index is 11.8. The van der Waals surface area contributed by atoms with E-state index in [1.54, 1.807) is 11.3 Å². The summed E-state index contributed by atoms with van der Waals surface area (Å²) in [5.74, 6) is -0.241. The second-order valence-electron chi connectivity index (χ2n) is 4.62. The number of rotatable bonds is 6. The molecule has 1 aromatic heterocycles. The molecular formula is C13H19N3O2S. The van der Waals surface area contributed by atoms with E-state index in [0.29, 0.717) is 12.6 Å². The summed E-state index contributed by atoms with van der Waals surface area (Å²) in [4.78, 5) is 26.5. The van der Waals surface area contributed by atoms with Crippen LogP contribution in [0.5, 0.6) is 0 Å². The normalized spacial score (nSPS) is 14.4. The molecule has 0 aromatic carbocycles. The number of hydrogen-bond donors (Lipinski definition) is 2. The van der Waals surface area contributed by atoms with Crippen molar-refractivity contribution in [3.05, 3.63) is 22.4 Å². The summed E-state index contributed by atoms with van der Waals surface area (Å²) in [5, 5.41) is 6.94. The molecule has 2 rings (SSSR count). The quantitative estimate of drug-likeness (QED) is 0.832. The van der Waals surface area contributed by atoms with Gasteiger partial charge in [0.25, 0.3) is 0 Å². The minimum Gasteiger partial charge on any atom is -0.338 e. The molecule has 1 fully saturated rings. The van der Waals surface area contributed by atoms with E-state index in [0.717, 1.165) is 19.4 Å². The molecule has 2 N–H and O–H groups in total. The van der Waals surface area contributed by atoms with E-state index in [1.807, 2.05) is 18.4 Å². The van der Waals surface area contributed by atoms with Crippen LogP contribution >= 0.6 is 11.3 Å². The molecule has 0 radical (unpaired) electrons. The summed E-state index contributed by atoms with van der Waals surface area (Å²) in [6.45, 7) is 3.39. The van der Waals surface area contributed by atoms with E-state index in [2.05, 4.69) is 21.6 Å². The highest BCUT2D eigenvalue weighted by atomic mass is 32.1. The number of nitrogens with zero attached hydrogens (tertiary/aromatic N) is 1. The third-order valence-corrected chi connectivity index (χ3v) is 3.80. The fourth-order valence-electron chi connectivity index (χ4n) is 1.91. The molecule has 1 aliphatic carbocycles. The van der Waals surface area contributed by atoms with Gasteiger partial charge in [0.2, 0.25) is 5.91 Å². The molecule has 0 spiro atoms. The van der Waals surface area contributed by atoms with Crippen molar-refractivity contribution in [1.29, 1.82) is 0 Å². The first kappa shape index (κ1) is 14.0. The Balaban J connectivity index is 1.83. The third-order valence-electron chi connectivity index (χ3n) is 2.94. The minimum atomic E-state index is -0.417. The monoisotopic (exact) mass is 281 g/mol. The number of hydrogen-bond acceptors (Lipinski definition) is 4. The van der Waals surface area contributed by atoms with Crippen LogP contribution in [0.2, 0.25) is 0 Å². The van der Waals surface area contributed by atoms with Crippen molar-refractivity contribution in [3.8, 4) is 0 Å². The Labute approximate surface area is 117 Å². The summed E-state index contributed by atoms with van der Waals surface area (Å²) in [6.07, 6.45) is 2.28. The summed E-state index contributed by atoms with van der Waals surface area (Å²) in [7, 11) is 0. The van der Waals surface area contributed by atoms with Gasteiger partial charge in [0.15, 0.2) is 0 Å². The van der Waals surface area contributed by atoms with E-state index in [9.17, 15) is 9.59 Å². The molecule has 0 saturated heterocycles. The molecule has 19 heavy (non-hydrogen) atoms. The largest absolute Gasteiger partial charge is 0.338 e. The van der Waals surface area contributed by atoms with Gasteiger partial charge >= 0.3 is 6.03 Å². The van der Waals surface area contributed by atoms with Crippen molar-refractivity contribution >= 4 is 23.3 Å². The van der Waals surface area contributed by atoms with Crippen LogP contribution in [0.15, 0.2) is 17.5 Å². The number of carbonyl (C=O) groups is 2. The molecule has 1 heterocycles. The van der Waals surface area contributed by atoms with Crippen LogP contribution in [-0.2, 0) is 11.3 Å². The number of carbonyl (C=O) groups excluding carboxylic acids is 2. The van der Waals surface area contributed by atoms with Gasteiger partial charge in [-0.05, 0) is 31.2 Å². The van der Waals surface area contributed by atoms with Crippen LogP contribution < -0.4 is 10.6 Å². The van der Waals surface area contributed by atoms with Gasteiger partial charge in [0.1, 0.15) is 0 Å². The van der Waals surface area contributed by atoms with Crippen molar-refractivity contribution in [2.24, 2.45) is 0 Å². The van der Waals surface area contributed by atoms with Crippen molar-refractivity contribution < 1.29 is 9.59 Å². The molecular weight excluding hydrogens is 262 g/mol. The Morgan fingerprint density at radius 1 is 1.47 bits per heavy atom. The van der Waals surface area contributed by atoms with E-state index in [4.69, 9.17) is 0 Å². The molecule has 104 valence electrons. The Bertz CT molecular complexity index is 429. The highest BCUT2D eigenvalue weighted by Gasteiger charge is 2.30. The zero-order valence-electron chi connectivity index (χ0n) is 11.0. The highest BCUT2D eigenvalue weighted by molar-refractivity contribution is 7.09. The lowest BCUT2D eigenvalue weighted by atomic mass is 10.3. The van der Waals surface area contributed by atoms with Gasteiger partial charge in [-0.15, -0.1) is 11.3 Å². The SMILES string of the molecule is CCNC(=O)NC(=O)CN(Cc1cccs1)C1CC1. The van der Waals surface area contributed by atoms with Crippen LogP contribution in [0.3, 0.4) is 0 Å². The first-order chi connectivity index (χ1) is 9.19. The molecule has 0 aliphatic heterocycles. The lowest BCUT2D eigenvalue weighted by Crippen LogP contribution is -2.44. The van der Waals surface area contributed by atoms with Gasteiger partial charge in [0.05, 0.1) is 6.54 Å². The van der Waals surface area contributed by atoms with E-state index in [1.165, 1.54) is 4.88 Å². The first-order valence-electron chi connectivity index (χ1n) is 6.53. The van der Waals surface area contributed by atoms with Crippen LogP contribution in [-0.4, -0.2) is 36.0 Å². The fraction of sp³-hybridized carbons (Fsp3) is 0.538. The Kier molecular flexibility index (Phi) is 4.93. The number of amides is 3. The molecule has 6 heteroatoms. The third kappa shape index (κ3) is 4.65. The second kappa shape index (κ2) is 6.68. The van der Waals surface area contributed by atoms with Crippen molar-refractivity contribution in [3.63, 3.8) is 0 Å². The lowest BCUT2D eigenvalue weighted by molar-refractivity contribution is -0.121. The zero-order valence-corrected chi connectivity index (χ0v) is 11.8. The number of nitrogens with one attached hydrogen (secondary N) is 2. The average Bonchev–Trinajstić information content (AvgIpc) is 3.08. The van der Waals surface area contributed by atoms with Gasteiger partial charge in [-0.2, -0.15) is 0 Å². The maximum atomic E-state index is 11.8. The Morgan fingerprint density at radius 3 is 2.84 bits per heavy atom. The molecule has 5 nitrogen and oxygen atoms in total. The van der Waals surface area contributed by atoms with Crippen LogP contribution in [0.1, 0.15) is 24.6 Å². The molecule has 0 atom stereocenters. The van der Waals surface area contributed by atoms with E-state index >= 15 is 0 Å². The Morgan fingerprint density at radius 2 is 2.26 bits per heavy atom. The Hall–Kier alpha value is -1.40. The van der Waals surface area contributed by atoms with Gasteiger partial charge in [0, 0.05) is 24.0 Å². The van der Waals surface area contributed by atoms with Crippen LogP contribution in [0.4, 0.5) is 4.79 Å². The summed E-state index contributed by atoms with van der Waals surface area (Å²) in [6, 6.07) is 4.16. The van der Waals surface area contributed by atoms with Gasteiger partial charge in [-0.3, -0.25) is 15.0 Å². The highest BCUT2D eigenvalue weighted by Crippen LogP contribution is 2.28. The smallest absolute Gasteiger partial charge is 0.321 e. The number of imide groups is 1. The van der Waals surface area contributed by atoms with Crippen LogP contribution in [0, 0.1) is 0 Å². The molecule has 1 aliphatic rings. The van der Waals surface area contributed by atoms with Crippen molar-refractivity contribution in [2.75, 3.05) is 13.1 Å². The molecule has 0 unspecified atom stereocenters. The van der Waals surface area contributed by atoms with E-state index in [-0.39, 0.29) is 12.5 Å². The standard InChI is InChI=1S/C13H19N3O2S/c1-2-14-13(18)15-12(17)9-16(10-5-6-10)8-11-4-3-7-19-11/h3-4,7,10H,2,5-6,8-9H2,1H3,(H2,14,15,17,18). The van der Waals surface area contributed by atoms with Crippen molar-refractivity contribution in [1.82, 2.24) is 15.5 Å². The molecule has 0 bridgehead atoms. The molecule has 1 aromatic rings. The average molecular weight is 281 g/mol. The summed E-state index contributed by atoms with van der Waals surface area (Å²) < 4.78 is 0. The first-order valence-corrected chi connectivity index (χ1v) is 7.41. The minimum absolute atomic E-state index is 0.241. The van der Waals surface area contributed by atoms with E-state index < -0.39 is 6.03 Å². The predicted octanol–water partition coefficient (Wildman–Crippen LogP) is 1.56. The molecule has 3 amide bonds. The maximum Gasteiger partial charge on any atom is 0.321 e. The molecule has 1 saturated carbocycles. The van der Waals surface area contributed by atoms with Crippen LogP contribution in [0.25, 0.3) is 0 Å². The number of urea groups is 1. The summed E-state index contributed by atoms with van der Waals surface area (Å²) in [5.41, 5.74) is 0. The zero-order chi connectivity index (χ0) is 13.7. The summed E-state index contributed by atoms with van der Waals surface area (Å²) >= 11 is 1.69. The van der Waals surface area contributed by atoms with Gasteiger partial charge in [-0.1, -0.05) is 6.07 Å². The second-order valence-corrected chi connectivity index (χ2v) is 5.66. The van der Waals surface area contributed by atoms with Gasteiger partial charge in [-0.25, -0.2) is 4.79 Å². The number of thiophene rings is 1. The lowest BCUT2D eigenvalue weighted by Gasteiger charge is -2.20. The topological polar surface area (TPSA) is 61.4 Å². The fourth-order valence-corrected chi connectivity index (χ4v) is 2.64.